The molecule has 4 atom stereocenters. The molecule has 1 aromatic heterocycles. The minimum atomic E-state index is 0.387. The first-order chi connectivity index (χ1) is 10.2. The lowest BCUT2D eigenvalue weighted by Crippen LogP contribution is -2.44. The molecule has 2 fully saturated rings. The Morgan fingerprint density at radius 3 is 2.71 bits per heavy atom. The van der Waals surface area contributed by atoms with E-state index in [4.69, 9.17) is 16.1 Å². The summed E-state index contributed by atoms with van der Waals surface area (Å²) >= 11 is 6.04. The summed E-state index contributed by atoms with van der Waals surface area (Å²) in [4.78, 5) is 2.54. The number of rotatable bonds is 2. The van der Waals surface area contributed by atoms with Crippen molar-refractivity contribution in [2.45, 2.75) is 43.2 Å². The van der Waals surface area contributed by atoms with Gasteiger partial charge >= 0.3 is 0 Å². The van der Waals surface area contributed by atoms with Gasteiger partial charge in [-0.05, 0) is 49.9 Å². The van der Waals surface area contributed by atoms with Gasteiger partial charge in [0, 0.05) is 29.1 Å². The van der Waals surface area contributed by atoms with Crippen molar-refractivity contribution in [3.05, 3.63) is 52.9 Å². The van der Waals surface area contributed by atoms with Crippen molar-refractivity contribution in [3.63, 3.8) is 0 Å². The third-order valence-electron chi connectivity index (χ3n) is 5.35. The fraction of sp³-hybridized carbons (Fsp3) is 0.471. The summed E-state index contributed by atoms with van der Waals surface area (Å²) in [5, 5.41) is 4.73. The van der Waals surface area contributed by atoms with Crippen LogP contribution in [0.3, 0.4) is 0 Å². The lowest BCUT2D eigenvalue weighted by molar-refractivity contribution is 0.122. The van der Waals surface area contributed by atoms with E-state index in [9.17, 15) is 0 Å². The zero-order chi connectivity index (χ0) is 14.4. The molecule has 4 heteroatoms. The van der Waals surface area contributed by atoms with Gasteiger partial charge in [0.05, 0.1) is 6.20 Å². The number of likely N-dealkylation sites (N-methyl/N-ethyl adjacent to an activating group) is 1. The SMILES string of the molecule is CN1C2CC[C@@H]1CC(c1ccc(Cl)cc1)[C@@H]2c1ccno1. The summed E-state index contributed by atoms with van der Waals surface area (Å²) in [5.74, 6) is 1.90. The molecule has 0 radical (unpaired) electrons. The molecular weight excluding hydrogens is 284 g/mol. The van der Waals surface area contributed by atoms with Crippen LogP contribution in [0, 0.1) is 0 Å². The van der Waals surface area contributed by atoms with E-state index in [-0.39, 0.29) is 0 Å². The van der Waals surface area contributed by atoms with Crippen LogP contribution in [-0.4, -0.2) is 29.2 Å². The Morgan fingerprint density at radius 1 is 1.19 bits per heavy atom. The lowest BCUT2D eigenvalue weighted by atomic mass is 9.75. The number of halogens is 1. The van der Waals surface area contributed by atoms with Crippen LogP contribution in [0.15, 0.2) is 41.1 Å². The predicted molar refractivity (Wildman–Crippen MR) is 82.6 cm³/mol. The highest BCUT2D eigenvalue weighted by Gasteiger charge is 2.47. The van der Waals surface area contributed by atoms with Crippen molar-refractivity contribution < 1.29 is 4.52 Å². The zero-order valence-corrected chi connectivity index (χ0v) is 12.8. The largest absolute Gasteiger partial charge is 0.361 e. The second kappa shape index (κ2) is 5.15. The minimum absolute atomic E-state index is 0.387. The number of aromatic nitrogens is 1. The van der Waals surface area contributed by atoms with Gasteiger partial charge < -0.3 is 4.52 Å². The molecule has 0 N–H and O–H groups in total. The van der Waals surface area contributed by atoms with Gasteiger partial charge in [-0.1, -0.05) is 28.9 Å². The molecule has 2 aromatic rings. The maximum absolute atomic E-state index is 6.04. The Kier molecular flexibility index (Phi) is 3.27. The van der Waals surface area contributed by atoms with E-state index in [1.807, 2.05) is 18.2 Å². The van der Waals surface area contributed by atoms with Crippen LogP contribution in [0.25, 0.3) is 0 Å². The van der Waals surface area contributed by atoms with Crippen molar-refractivity contribution in [3.8, 4) is 0 Å². The summed E-state index contributed by atoms with van der Waals surface area (Å²) in [6, 6.07) is 11.6. The molecular formula is C17H19ClN2O. The molecule has 21 heavy (non-hydrogen) atoms. The number of hydrogen-bond acceptors (Lipinski definition) is 3. The van der Waals surface area contributed by atoms with Crippen molar-refractivity contribution >= 4 is 11.6 Å². The Morgan fingerprint density at radius 2 is 2.00 bits per heavy atom. The summed E-state index contributed by atoms with van der Waals surface area (Å²) in [6.45, 7) is 0. The highest BCUT2D eigenvalue weighted by molar-refractivity contribution is 6.30. The minimum Gasteiger partial charge on any atom is -0.361 e. The third-order valence-corrected chi connectivity index (χ3v) is 5.61. The summed E-state index contributed by atoms with van der Waals surface area (Å²) in [5.41, 5.74) is 1.37. The van der Waals surface area contributed by atoms with E-state index in [0.29, 0.717) is 23.9 Å². The second-order valence-electron chi connectivity index (χ2n) is 6.30. The van der Waals surface area contributed by atoms with Gasteiger partial charge in [0.15, 0.2) is 0 Å². The molecule has 0 amide bonds. The molecule has 3 heterocycles. The fourth-order valence-corrected chi connectivity index (χ4v) is 4.43. The normalized spacial score (nSPS) is 32.5. The lowest BCUT2D eigenvalue weighted by Gasteiger charge is -2.42. The molecule has 0 saturated carbocycles. The fourth-order valence-electron chi connectivity index (χ4n) is 4.30. The van der Waals surface area contributed by atoms with Crippen molar-refractivity contribution in [1.29, 1.82) is 0 Å². The molecule has 110 valence electrons. The van der Waals surface area contributed by atoms with E-state index in [0.717, 1.165) is 10.8 Å². The van der Waals surface area contributed by atoms with Crippen LogP contribution >= 0.6 is 11.6 Å². The van der Waals surface area contributed by atoms with Crippen LogP contribution in [0.4, 0.5) is 0 Å². The average molecular weight is 303 g/mol. The van der Waals surface area contributed by atoms with E-state index < -0.39 is 0 Å². The quantitative estimate of drug-likeness (QED) is 0.837. The Balaban J connectivity index is 1.75. The standard InChI is InChI=1S/C17H19ClN2O/c1-20-13-6-7-15(20)17(16-8-9-19-21-16)14(10-13)11-2-4-12(18)5-3-11/h2-5,8-9,13-15,17H,6-7,10H2,1H3/t13-,14?,15?,17+/m1/s1. The molecule has 3 nitrogen and oxygen atoms in total. The predicted octanol–water partition coefficient (Wildman–Crippen LogP) is 4.06. The number of piperidine rings is 1. The average Bonchev–Trinajstić information content (AvgIpc) is 3.08. The third kappa shape index (κ3) is 2.19. The Hall–Kier alpha value is -1.32. The maximum Gasteiger partial charge on any atom is 0.141 e. The van der Waals surface area contributed by atoms with Gasteiger partial charge in [-0.25, -0.2) is 0 Å². The first-order valence-electron chi connectivity index (χ1n) is 7.62. The molecule has 2 aliphatic heterocycles. The van der Waals surface area contributed by atoms with Crippen molar-refractivity contribution in [2.75, 3.05) is 7.05 Å². The highest BCUT2D eigenvalue weighted by Crippen LogP contribution is 2.50. The number of hydrogen-bond donors (Lipinski definition) is 0. The Bertz CT molecular complexity index is 610. The second-order valence-corrected chi connectivity index (χ2v) is 6.73. The summed E-state index contributed by atoms with van der Waals surface area (Å²) in [7, 11) is 2.25. The smallest absolute Gasteiger partial charge is 0.141 e. The van der Waals surface area contributed by atoms with E-state index in [1.54, 1.807) is 6.20 Å². The Labute approximate surface area is 129 Å². The molecule has 2 bridgehead atoms. The maximum atomic E-state index is 6.04. The first kappa shape index (κ1) is 13.4. The molecule has 1 aromatic carbocycles. The molecule has 2 unspecified atom stereocenters. The summed E-state index contributed by atoms with van der Waals surface area (Å²) < 4.78 is 5.54. The van der Waals surface area contributed by atoms with Crippen molar-refractivity contribution in [1.82, 2.24) is 10.1 Å². The van der Waals surface area contributed by atoms with Crippen LogP contribution < -0.4 is 0 Å². The van der Waals surface area contributed by atoms with Gasteiger partial charge in [-0.15, -0.1) is 0 Å². The molecule has 4 rings (SSSR count). The van der Waals surface area contributed by atoms with Crippen LogP contribution in [-0.2, 0) is 0 Å². The zero-order valence-electron chi connectivity index (χ0n) is 12.1. The topological polar surface area (TPSA) is 29.3 Å². The van der Waals surface area contributed by atoms with Crippen LogP contribution in [0.2, 0.25) is 5.02 Å². The van der Waals surface area contributed by atoms with Crippen LogP contribution in [0.5, 0.6) is 0 Å². The number of benzene rings is 1. The molecule has 0 spiro atoms. The van der Waals surface area contributed by atoms with E-state index >= 15 is 0 Å². The van der Waals surface area contributed by atoms with Gasteiger partial charge in [-0.3, -0.25) is 4.90 Å². The van der Waals surface area contributed by atoms with Gasteiger partial charge in [0.2, 0.25) is 0 Å². The molecule has 0 aliphatic carbocycles. The van der Waals surface area contributed by atoms with E-state index in [2.05, 4.69) is 29.2 Å². The van der Waals surface area contributed by atoms with E-state index in [1.165, 1.54) is 24.8 Å². The number of fused-ring (bicyclic) bond motifs is 2. The number of nitrogens with zero attached hydrogens (tertiary/aromatic N) is 2. The first-order valence-corrected chi connectivity index (χ1v) is 8.00. The monoisotopic (exact) mass is 302 g/mol. The van der Waals surface area contributed by atoms with Crippen molar-refractivity contribution in [2.24, 2.45) is 0 Å². The van der Waals surface area contributed by atoms with Gasteiger partial charge in [-0.2, -0.15) is 0 Å². The highest BCUT2D eigenvalue weighted by atomic mass is 35.5. The van der Waals surface area contributed by atoms with Gasteiger partial charge in [0.25, 0.3) is 0 Å². The van der Waals surface area contributed by atoms with Crippen LogP contribution in [0.1, 0.15) is 42.4 Å². The molecule has 2 saturated heterocycles. The van der Waals surface area contributed by atoms with Gasteiger partial charge in [0.1, 0.15) is 5.76 Å². The summed E-state index contributed by atoms with van der Waals surface area (Å²) in [6.07, 6.45) is 5.47. The molecule has 2 aliphatic rings.